The van der Waals surface area contributed by atoms with Gasteiger partial charge in [-0.1, -0.05) is 11.2 Å². The van der Waals surface area contributed by atoms with Crippen molar-refractivity contribution in [2.45, 2.75) is 19.6 Å². The fourth-order valence-corrected chi connectivity index (χ4v) is 2.96. The van der Waals surface area contributed by atoms with Gasteiger partial charge in [-0.25, -0.2) is 0 Å². The number of guanidine groups is 1. The maximum Gasteiger partial charge on any atom is 0.416 e. The molecule has 154 valence electrons. The fraction of sp³-hybridized carbons (Fsp3) is 0.471. The Morgan fingerprint density at radius 1 is 1.25 bits per heavy atom. The van der Waals surface area contributed by atoms with E-state index >= 15 is 0 Å². The number of nitrogens with one attached hydrogen (secondary N) is 1. The predicted octanol–water partition coefficient (Wildman–Crippen LogP) is 2.91. The molecule has 1 N–H and O–H groups in total. The first-order valence-electron chi connectivity index (χ1n) is 8.54. The quantitative estimate of drug-likeness (QED) is 0.389. The summed E-state index contributed by atoms with van der Waals surface area (Å²) < 4.78 is 43.7. The molecule has 28 heavy (non-hydrogen) atoms. The normalized spacial score (nSPS) is 15.4. The van der Waals surface area contributed by atoms with Crippen LogP contribution in [0.5, 0.6) is 0 Å². The van der Waals surface area contributed by atoms with Crippen molar-refractivity contribution in [1.82, 2.24) is 20.4 Å². The minimum atomic E-state index is -4.34. The van der Waals surface area contributed by atoms with Gasteiger partial charge in [0.2, 0.25) is 5.89 Å². The average molecular weight is 510 g/mol. The van der Waals surface area contributed by atoms with Crippen LogP contribution in [0.4, 0.5) is 18.9 Å². The summed E-state index contributed by atoms with van der Waals surface area (Å²) >= 11 is 0. The monoisotopic (exact) mass is 510 g/mol. The molecule has 0 aliphatic carbocycles. The number of halogens is 4. The van der Waals surface area contributed by atoms with Gasteiger partial charge < -0.3 is 19.6 Å². The maximum atomic E-state index is 12.9. The second-order valence-corrected chi connectivity index (χ2v) is 6.15. The van der Waals surface area contributed by atoms with Crippen molar-refractivity contribution in [3.63, 3.8) is 0 Å². The second-order valence-electron chi connectivity index (χ2n) is 6.15. The third-order valence-electron chi connectivity index (χ3n) is 4.30. The molecule has 2 aromatic rings. The molecule has 1 fully saturated rings. The van der Waals surface area contributed by atoms with Gasteiger partial charge in [-0.05, 0) is 18.2 Å². The van der Waals surface area contributed by atoms with Gasteiger partial charge in [0, 0.05) is 45.8 Å². The number of nitrogens with zero attached hydrogens (tertiary/aromatic N) is 5. The van der Waals surface area contributed by atoms with E-state index in [-0.39, 0.29) is 24.0 Å². The van der Waals surface area contributed by atoms with E-state index in [1.54, 1.807) is 20.0 Å². The van der Waals surface area contributed by atoms with Crippen LogP contribution in [0.15, 0.2) is 33.8 Å². The van der Waals surface area contributed by atoms with E-state index in [0.29, 0.717) is 56.1 Å². The Morgan fingerprint density at radius 3 is 2.54 bits per heavy atom. The minimum absolute atomic E-state index is 0. The van der Waals surface area contributed by atoms with E-state index in [1.165, 1.54) is 12.1 Å². The molecule has 2 heterocycles. The molecule has 7 nitrogen and oxygen atoms in total. The number of rotatable bonds is 3. The molecule has 0 unspecified atom stereocenters. The van der Waals surface area contributed by atoms with Crippen molar-refractivity contribution in [2.24, 2.45) is 4.99 Å². The minimum Gasteiger partial charge on any atom is -0.368 e. The van der Waals surface area contributed by atoms with Gasteiger partial charge in [-0.3, -0.25) is 4.99 Å². The lowest BCUT2D eigenvalue weighted by molar-refractivity contribution is -0.137. The highest BCUT2D eigenvalue weighted by Crippen LogP contribution is 2.31. The molecular formula is C17H22F3IN6O. The van der Waals surface area contributed by atoms with E-state index in [1.807, 2.05) is 4.90 Å². The van der Waals surface area contributed by atoms with Crippen molar-refractivity contribution >= 4 is 35.6 Å². The molecule has 0 amide bonds. The van der Waals surface area contributed by atoms with Crippen molar-refractivity contribution < 1.29 is 17.7 Å². The van der Waals surface area contributed by atoms with Gasteiger partial charge in [0.15, 0.2) is 11.8 Å². The summed E-state index contributed by atoms with van der Waals surface area (Å²) in [4.78, 5) is 12.4. The average Bonchev–Trinajstić information content (AvgIpc) is 3.07. The summed E-state index contributed by atoms with van der Waals surface area (Å²) in [6, 6.07) is 5.43. The first-order chi connectivity index (χ1) is 12.9. The number of piperazine rings is 1. The summed E-state index contributed by atoms with van der Waals surface area (Å²) in [6.45, 7) is 4.59. The Hall–Kier alpha value is -2.05. The predicted molar refractivity (Wildman–Crippen MR) is 110 cm³/mol. The zero-order chi connectivity index (χ0) is 19.4. The van der Waals surface area contributed by atoms with Crippen LogP contribution in [0.3, 0.4) is 0 Å². The summed E-state index contributed by atoms with van der Waals surface area (Å²) in [5.41, 5.74) is -0.0509. The number of alkyl halides is 3. The van der Waals surface area contributed by atoms with Crippen LogP contribution in [0.1, 0.15) is 17.3 Å². The molecule has 3 rings (SSSR count). The first kappa shape index (κ1) is 22.2. The number of hydrogen-bond donors (Lipinski definition) is 1. The number of aromatic nitrogens is 2. The van der Waals surface area contributed by atoms with E-state index in [4.69, 9.17) is 4.52 Å². The molecule has 11 heteroatoms. The van der Waals surface area contributed by atoms with E-state index in [9.17, 15) is 13.2 Å². The van der Waals surface area contributed by atoms with Crippen molar-refractivity contribution in [2.75, 3.05) is 38.1 Å². The van der Waals surface area contributed by atoms with Crippen molar-refractivity contribution in [3.8, 4) is 0 Å². The highest BCUT2D eigenvalue weighted by atomic mass is 127. The second kappa shape index (κ2) is 9.43. The Kier molecular flexibility index (Phi) is 7.49. The third kappa shape index (κ3) is 5.49. The lowest BCUT2D eigenvalue weighted by atomic mass is 10.1. The molecule has 1 aromatic carbocycles. The van der Waals surface area contributed by atoms with Gasteiger partial charge >= 0.3 is 6.18 Å². The first-order valence-corrected chi connectivity index (χ1v) is 8.54. The van der Waals surface area contributed by atoms with Gasteiger partial charge in [0.1, 0.15) is 0 Å². The molecule has 1 aliphatic heterocycles. The SMILES string of the molecule is CN=C(NCc1noc(C)n1)N1CCN(c2cccc(C(F)(F)F)c2)CC1.I. The Balaban J connectivity index is 0.00000280. The number of benzene rings is 1. The van der Waals surface area contributed by atoms with Crippen LogP contribution in [0.2, 0.25) is 0 Å². The summed E-state index contributed by atoms with van der Waals surface area (Å²) in [5.74, 6) is 1.73. The number of aliphatic imine (C=N–C) groups is 1. The topological polar surface area (TPSA) is 69.8 Å². The van der Waals surface area contributed by atoms with E-state index in [0.717, 1.165) is 6.07 Å². The van der Waals surface area contributed by atoms with Crippen LogP contribution in [0, 0.1) is 6.92 Å². The number of anilines is 1. The Bertz CT molecular complexity index is 802. The zero-order valence-corrected chi connectivity index (χ0v) is 17.9. The Morgan fingerprint density at radius 2 is 1.96 bits per heavy atom. The van der Waals surface area contributed by atoms with Crippen LogP contribution in [0.25, 0.3) is 0 Å². The standard InChI is InChI=1S/C17H21F3N6O.HI/c1-12-23-15(24-27-12)11-22-16(21-2)26-8-6-25(7-9-26)14-5-3-4-13(10-14)17(18,19)20;/h3-5,10H,6-9,11H2,1-2H3,(H,21,22);1H. The molecule has 0 spiro atoms. The molecule has 0 saturated carbocycles. The number of aryl methyl sites for hydroxylation is 1. The lowest BCUT2D eigenvalue weighted by Crippen LogP contribution is -2.52. The van der Waals surface area contributed by atoms with Crippen LogP contribution >= 0.6 is 24.0 Å². The van der Waals surface area contributed by atoms with Crippen molar-refractivity contribution in [1.29, 1.82) is 0 Å². The van der Waals surface area contributed by atoms with Gasteiger partial charge in [0.05, 0.1) is 12.1 Å². The van der Waals surface area contributed by atoms with Gasteiger partial charge in [0.25, 0.3) is 0 Å². The lowest BCUT2D eigenvalue weighted by Gasteiger charge is -2.37. The molecule has 0 atom stereocenters. The van der Waals surface area contributed by atoms with Crippen LogP contribution < -0.4 is 10.2 Å². The largest absolute Gasteiger partial charge is 0.416 e. The third-order valence-corrected chi connectivity index (χ3v) is 4.30. The van der Waals surface area contributed by atoms with Gasteiger partial charge in [-0.15, -0.1) is 24.0 Å². The molecule has 1 aromatic heterocycles. The fourth-order valence-electron chi connectivity index (χ4n) is 2.96. The van der Waals surface area contributed by atoms with Crippen LogP contribution in [-0.2, 0) is 12.7 Å². The molecule has 0 bridgehead atoms. The molecule has 1 aliphatic rings. The van der Waals surface area contributed by atoms with Crippen molar-refractivity contribution in [3.05, 3.63) is 41.5 Å². The van der Waals surface area contributed by atoms with Crippen LogP contribution in [-0.4, -0.2) is 54.2 Å². The number of hydrogen-bond acceptors (Lipinski definition) is 5. The highest BCUT2D eigenvalue weighted by molar-refractivity contribution is 14.0. The smallest absolute Gasteiger partial charge is 0.368 e. The summed E-state index contributed by atoms with van der Waals surface area (Å²) in [7, 11) is 1.68. The Labute approximate surface area is 178 Å². The molecule has 1 saturated heterocycles. The summed E-state index contributed by atoms with van der Waals surface area (Å²) in [5, 5.41) is 7.00. The van der Waals surface area contributed by atoms with E-state index in [2.05, 4.69) is 25.3 Å². The molecule has 0 radical (unpaired) electrons. The van der Waals surface area contributed by atoms with E-state index < -0.39 is 11.7 Å². The summed E-state index contributed by atoms with van der Waals surface area (Å²) in [6.07, 6.45) is -4.34. The highest BCUT2D eigenvalue weighted by Gasteiger charge is 2.31. The molecular weight excluding hydrogens is 488 g/mol. The maximum absolute atomic E-state index is 12.9. The van der Waals surface area contributed by atoms with Gasteiger partial charge in [-0.2, -0.15) is 18.2 Å². The zero-order valence-electron chi connectivity index (χ0n) is 15.5.